The van der Waals surface area contributed by atoms with E-state index in [0.717, 1.165) is 0 Å². The standard InChI is InChI=1S/C13H15O7/c1-16-12(14)19-9-11(20-13(15)17-2)8-18-10-6-4-3-5-7-10/h3-4,6-7,11H,8-9H2,1-2H3/t11-/m0/s1. The Balaban J connectivity index is 2.48. The van der Waals surface area contributed by atoms with Gasteiger partial charge in [-0.1, -0.05) is 12.1 Å². The van der Waals surface area contributed by atoms with Gasteiger partial charge in [0.05, 0.1) is 14.2 Å². The van der Waals surface area contributed by atoms with Gasteiger partial charge in [0.15, 0.2) is 6.10 Å². The molecule has 0 saturated heterocycles. The molecule has 0 N–H and O–H groups in total. The molecule has 1 atom stereocenters. The minimum Gasteiger partial charge on any atom is -0.490 e. The van der Waals surface area contributed by atoms with Crippen LogP contribution in [0.1, 0.15) is 0 Å². The van der Waals surface area contributed by atoms with E-state index in [4.69, 9.17) is 14.2 Å². The largest absolute Gasteiger partial charge is 0.508 e. The van der Waals surface area contributed by atoms with Gasteiger partial charge < -0.3 is 23.7 Å². The summed E-state index contributed by atoms with van der Waals surface area (Å²) in [4.78, 5) is 22.0. The molecule has 0 amide bonds. The zero-order valence-corrected chi connectivity index (χ0v) is 11.2. The van der Waals surface area contributed by atoms with E-state index in [2.05, 4.69) is 15.5 Å². The molecule has 1 aromatic rings. The fraction of sp³-hybridized carbons (Fsp3) is 0.385. The van der Waals surface area contributed by atoms with Crippen molar-refractivity contribution in [2.75, 3.05) is 27.4 Å². The van der Waals surface area contributed by atoms with Crippen molar-refractivity contribution in [2.24, 2.45) is 0 Å². The average Bonchev–Trinajstić information content (AvgIpc) is 2.50. The van der Waals surface area contributed by atoms with Crippen molar-refractivity contribution in [2.45, 2.75) is 6.10 Å². The third-order valence-electron chi connectivity index (χ3n) is 2.10. The van der Waals surface area contributed by atoms with Crippen LogP contribution in [-0.4, -0.2) is 45.8 Å². The van der Waals surface area contributed by atoms with Crippen LogP contribution in [0.2, 0.25) is 0 Å². The first kappa shape index (κ1) is 15.6. The lowest BCUT2D eigenvalue weighted by Crippen LogP contribution is -2.31. The molecular formula is C13H15O7. The van der Waals surface area contributed by atoms with Gasteiger partial charge in [-0.3, -0.25) is 0 Å². The van der Waals surface area contributed by atoms with Gasteiger partial charge in [0.25, 0.3) is 0 Å². The van der Waals surface area contributed by atoms with E-state index in [1.807, 2.05) is 0 Å². The highest BCUT2D eigenvalue weighted by atomic mass is 16.7. The maximum atomic E-state index is 11.1. The molecule has 0 unspecified atom stereocenters. The maximum Gasteiger partial charge on any atom is 0.508 e. The number of methoxy groups -OCH3 is 2. The summed E-state index contributed by atoms with van der Waals surface area (Å²) in [6, 6.07) is 9.63. The van der Waals surface area contributed by atoms with Crippen molar-refractivity contribution < 1.29 is 33.3 Å². The maximum absolute atomic E-state index is 11.1. The quantitative estimate of drug-likeness (QED) is 0.736. The topological polar surface area (TPSA) is 80.3 Å². The Bertz CT molecular complexity index is 418. The van der Waals surface area contributed by atoms with E-state index in [-0.39, 0.29) is 13.2 Å². The lowest BCUT2D eigenvalue weighted by Gasteiger charge is -2.17. The summed E-state index contributed by atoms with van der Waals surface area (Å²) in [6.45, 7) is -0.220. The van der Waals surface area contributed by atoms with Crippen LogP contribution in [-0.2, 0) is 18.9 Å². The second kappa shape index (κ2) is 8.63. The first-order chi connectivity index (χ1) is 9.65. The van der Waals surface area contributed by atoms with Crippen molar-refractivity contribution in [3.05, 3.63) is 30.3 Å². The minimum absolute atomic E-state index is 0.00997. The molecule has 0 heterocycles. The van der Waals surface area contributed by atoms with E-state index < -0.39 is 18.4 Å². The molecule has 109 valence electrons. The van der Waals surface area contributed by atoms with Crippen LogP contribution < -0.4 is 4.74 Å². The molecule has 7 heteroatoms. The molecule has 20 heavy (non-hydrogen) atoms. The van der Waals surface area contributed by atoms with Gasteiger partial charge in [-0.2, -0.15) is 0 Å². The fourth-order valence-corrected chi connectivity index (χ4v) is 1.18. The summed E-state index contributed by atoms with van der Waals surface area (Å²) in [5.41, 5.74) is 0. The summed E-state index contributed by atoms with van der Waals surface area (Å²) in [5.74, 6) is 0.545. The Morgan fingerprint density at radius 1 is 1.20 bits per heavy atom. The van der Waals surface area contributed by atoms with Crippen LogP contribution in [0.3, 0.4) is 0 Å². The Morgan fingerprint density at radius 2 is 1.95 bits per heavy atom. The Kier molecular flexibility index (Phi) is 6.74. The van der Waals surface area contributed by atoms with Crippen molar-refractivity contribution in [3.8, 4) is 5.75 Å². The number of rotatable bonds is 6. The second-order valence-electron chi connectivity index (χ2n) is 3.51. The molecule has 0 aliphatic carbocycles. The molecule has 1 radical (unpaired) electrons. The SMILES string of the molecule is COC(=O)OC[C@H](COc1c[c]ccc1)OC(=O)OC. The highest BCUT2D eigenvalue weighted by Crippen LogP contribution is 2.09. The first-order valence-corrected chi connectivity index (χ1v) is 5.70. The molecule has 0 aliphatic heterocycles. The Hall–Kier alpha value is -2.44. The minimum atomic E-state index is -0.897. The summed E-state index contributed by atoms with van der Waals surface area (Å²) in [5, 5.41) is 0. The molecule has 7 nitrogen and oxygen atoms in total. The van der Waals surface area contributed by atoms with Gasteiger partial charge in [0.2, 0.25) is 0 Å². The van der Waals surface area contributed by atoms with Gasteiger partial charge in [-0.25, -0.2) is 9.59 Å². The normalized spacial score (nSPS) is 11.1. The van der Waals surface area contributed by atoms with Crippen molar-refractivity contribution >= 4 is 12.3 Å². The number of hydrogen-bond donors (Lipinski definition) is 0. The zero-order valence-electron chi connectivity index (χ0n) is 11.2. The van der Waals surface area contributed by atoms with Crippen molar-refractivity contribution in [1.82, 2.24) is 0 Å². The van der Waals surface area contributed by atoms with Crippen LogP contribution in [0.15, 0.2) is 24.3 Å². The number of benzene rings is 1. The smallest absolute Gasteiger partial charge is 0.490 e. The molecule has 1 aromatic carbocycles. The molecular weight excluding hydrogens is 268 g/mol. The third kappa shape index (κ3) is 5.94. The molecule has 0 saturated carbocycles. The summed E-state index contributed by atoms with van der Waals surface area (Å²) in [6.07, 6.45) is -2.59. The third-order valence-corrected chi connectivity index (χ3v) is 2.10. The van der Waals surface area contributed by atoms with Gasteiger partial charge in [-0.05, 0) is 18.2 Å². The monoisotopic (exact) mass is 283 g/mol. The number of hydrogen-bond acceptors (Lipinski definition) is 7. The van der Waals surface area contributed by atoms with E-state index >= 15 is 0 Å². The zero-order chi connectivity index (χ0) is 14.8. The first-order valence-electron chi connectivity index (χ1n) is 5.70. The van der Waals surface area contributed by atoms with Crippen LogP contribution in [0.25, 0.3) is 0 Å². The van der Waals surface area contributed by atoms with Gasteiger partial charge >= 0.3 is 12.3 Å². The molecule has 0 spiro atoms. The van der Waals surface area contributed by atoms with Crippen molar-refractivity contribution in [3.63, 3.8) is 0 Å². The van der Waals surface area contributed by atoms with Crippen LogP contribution in [0.5, 0.6) is 5.75 Å². The predicted molar refractivity (Wildman–Crippen MR) is 66.4 cm³/mol. The van der Waals surface area contributed by atoms with E-state index in [0.29, 0.717) is 5.75 Å². The van der Waals surface area contributed by atoms with Crippen LogP contribution in [0.4, 0.5) is 9.59 Å². The average molecular weight is 283 g/mol. The van der Waals surface area contributed by atoms with Crippen LogP contribution >= 0.6 is 0 Å². The molecule has 0 bridgehead atoms. The van der Waals surface area contributed by atoms with Gasteiger partial charge in [0, 0.05) is 0 Å². The second-order valence-corrected chi connectivity index (χ2v) is 3.51. The van der Waals surface area contributed by atoms with E-state index in [1.165, 1.54) is 14.2 Å². The molecule has 0 aliphatic rings. The number of carbonyl (C=O) groups excluding carboxylic acids is 2. The number of carbonyl (C=O) groups is 2. The Morgan fingerprint density at radius 3 is 2.55 bits per heavy atom. The lowest BCUT2D eigenvalue weighted by atomic mass is 10.3. The fourth-order valence-electron chi connectivity index (χ4n) is 1.18. The van der Waals surface area contributed by atoms with E-state index in [9.17, 15) is 9.59 Å². The summed E-state index contributed by atoms with van der Waals surface area (Å²) < 4.78 is 23.7. The van der Waals surface area contributed by atoms with E-state index in [1.54, 1.807) is 24.3 Å². The highest BCUT2D eigenvalue weighted by Gasteiger charge is 2.18. The number of ether oxygens (including phenoxy) is 5. The highest BCUT2D eigenvalue weighted by molar-refractivity contribution is 5.60. The summed E-state index contributed by atoms with van der Waals surface area (Å²) in [7, 11) is 2.35. The molecule has 1 rings (SSSR count). The molecule has 0 fully saturated rings. The lowest BCUT2D eigenvalue weighted by molar-refractivity contribution is -0.0218. The predicted octanol–water partition coefficient (Wildman–Crippen LogP) is 1.80. The Labute approximate surface area is 116 Å². The van der Waals surface area contributed by atoms with Gasteiger partial charge in [-0.15, -0.1) is 0 Å². The summed E-state index contributed by atoms with van der Waals surface area (Å²) >= 11 is 0. The molecule has 0 aromatic heterocycles. The van der Waals surface area contributed by atoms with Gasteiger partial charge in [0.1, 0.15) is 19.0 Å². The van der Waals surface area contributed by atoms with Crippen LogP contribution in [0, 0.1) is 6.07 Å². The van der Waals surface area contributed by atoms with Crippen molar-refractivity contribution in [1.29, 1.82) is 0 Å².